The second-order valence-corrected chi connectivity index (χ2v) is 8.48. The van der Waals surface area contributed by atoms with Gasteiger partial charge in [0, 0.05) is 22.8 Å². The Hall–Kier alpha value is -2.54. The quantitative estimate of drug-likeness (QED) is 0.558. The summed E-state index contributed by atoms with van der Waals surface area (Å²) in [7, 11) is 3.13. The van der Waals surface area contributed by atoms with Crippen molar-refractivity contribution in [2.75, 3.05) is 32.6 Å². The molecule has 0 aromatic heterocycles. The van der Waals surface area contributed by atoms with Crippen molar-refractivity contribution < 1.29 is 19.1 Å². The molecular weight excluding hydrogens is 448 g/mol. The van der Waals surface area contributed by atoms with Gasteiger partial charge >= 0.3 is 0 Å². The lowest BCUT2D eigenvalue weighted by Gasteiger charge is -2.18. The van der Waals surface area contributed by atoms with Crippen LogP contribution >= 0.6 is 15.9 Å². The number of benzene rings is 2. The summed E-state index contributed by atoms with van der Waals surface area (Å²) in [5.74, 6) is 1.09. The zero-order valence-electron chi connectivity index (χ0n) is 18.1. The molecule has 162 valence electrons. The molecule has 2 amide bonds. The maximum Gasteiger partial charge on any atom is 0.254 e. The number of nitrogens with zero attached hydrogens (tertiary/aromatic N) is 1. The molecule has 0 fully saturated rings. The van der Waals surface area contributed by atoms with Gasteiger partial charge in [-0.05, 0) is 61.2 Å². The summed E-state index contributed by atoms with van der Waals surface area (Å²) in [6, 6.07) is 10.6. The third kappa shape index (κ3) is 6.76. The Bertz CT molecular complexity index is 899. The molecule has 2 aromatic rings. The minimum Gasteiger partial charge on any atom is -0.493 e. The molecule has 0 atom stereocenters. The Morgan fingerprint density at radius 1 is 1.13 bits per heavy atom. The largest absolute Gasteiger partial charge is 0.493 e. The van der Waals surface area contributed by atoms with E-state index in [9.17, 15) is 9.59 Å². The number of aryl methyl sites for hydroxylation is 1. The van der Waals surface area contributed by atoms with Crippen molar-refractivity contribution in [2.45, 2.75) is 27.2 Å². The molecule has 0 spiro atoms. The van der Waals surface area contributed by atoms with Crippen LogP contribution in [0, 0.1) is 12.8 Å². The van der Waals surface area contributed by atoms with Gasteiger partial charge in [0.1, 0.15) is 0 Å². The number of ether oxygens (including phenoxy) is 2. The summed E-state index contributed by atoms with van der Waals surface area (Å²) < 4.78 is 12.1. The molecule has 0 aliphatic rings. The van der Waals surface area contributed by atoms with Gasteiger partial charge in [-0.25, -0.2) is 0 Å². The minimum atomic E-state index is -0.273. The van der Waals surface area contributed by atoms with Crippen molar-refractivity contribution in [3.05, 3.63) is 52.0 Å². The second kappa shape index (κ2) is 11.0. The van der Waals surface area contributed by atoms with Crippen molar-refractivity contribution in [2.24, 2.45) is 5.92 Å². The lowest BCUT2D eigenvalue weighted by Crippen LogP contribution is -2.35. The average Bonchev–Trinajstić information content (AvgIpc) is 2.69. The molecule has 2 rings (SSSR count). The summed E-state index contributed by atoms with van der Waals surface area (Å²) in [6.45, 7) is 6.69. The van der Waals surface area contributed by atoms with Gasteiger partial charge in [-0.15, -0.1) is 0 Å². The van der Waals surface area contributed by atoms with E-state index in [1.165, 1.54) is 12.0 Å². The average molecular weight is 477 g/mol. The van der Waals surface area contributed by atoms with Crippen molar-refractivity contribution in [1.82, 2.24) is 4.90 Å². The zero-order chi connectivity index (χ0) is 22.3. The van der Waals surface area contributed by atoms with E-state index in [1.54, 1.807) is 25.2 Å². The fourth-order valence-corrected chi connectivity index (χ4v) is 3.26. The van der Waals surface area contributed by atoms with Gasteiger partial charge in [0.15, 0.2) is 11.5 Å². The first kappa shape index (κ1) is 23.7. The number of likely N-dealkylation sites (N-methyl/N-ethyl adjacent to an activating group) is 1. The first-order chi connectivity index (χ1) is 14.2. The standard InChI is InChI=1S/C23H29BrN2O4/c1-15(2)10-11-30-20-9-6-17(13-21(20)29-5)23(28)26(4)14-22(27)25-19-8-7-18(24)12-16(19)3/h6-9,12-13,15H,10-11,14H2,1-5H3,(H,25,27). The van der Waals surface area contributed by atoms with E-state index in [1.807, 2.05) is 25.1 Å². The van der Waals surface area contributed by atoms with Crippen LogP contribution in [-0.2, 0) is 4.79 Å². The topological polar surface area (TPSA) is 67.9 Å². The van der Waals surface area contributed by atoms with E-state index >= 15 is 0 Å². The van der Waals surface area contributed by atoms with Gasteiger partial charge in [0.2, 0.25) is 5.91 Å². The zero-order valence-corrected chi connectivity index (χ0v) is 19.7. The number of rotatable bonds is 9. The molecule has 0 saturated carbocycles. The van der Waals surface area contributed by atoms with Gasteiger partial charge in [-0.1, -0.05) is 29.8 Å². The molecule has 0 unspecified atom stereocenters. The van der Waals surface area contributed by atoms with E-state index in [4.69, 9.17) is 9.47 Å². The second-order valence-electron chi connectivity index (χ2n) is 7.57. The van der Waals surface area contributed by atoms with Crippen molar-refractivity contribution >= 4 is 33.4 Å². The molecule has 6 nitrogen and oxygen atoms in total. The number of anilines is 1. The highest BCUT2D eigenvalue weighted by Crippen LogP contribution is 2.29. The number of carbonyl (C=O) groups excluding carboxylic acids is 2. The van der Waals surface area contributed by atoms with Crippen LogP contribution in [0.15, 0.2) is 40.9 Å². The van der Waals surface area contributed by atoms with Crippen LogP contribution in [0.2, 0.25) is 0 Å². The van der Waals surface area contributed by atoms with Gasteiger partial charge in [0.05, 0.1) is 20.3 Å². The molecule has 2 aromatic carbocycles. The number of amides is 2. The monoisotopic (exact) mass is 476 g/mol. The summed E-state index contributed by atoms with van der Waals surface area (Å²) in [5, 5.41) is 2.84. The Kier molecular flexibility index (Phi) is 8.72. The summed E-state index contributed by atoms with van der Waals surface area (Å²) in [4.78, 5) is 26.5. The first-order valence-electron chi connectivity index (χ1n) is 9.83. The number of nitrogens with one attached hydrogen (secondary N) is 1. The van der Waals surface area contributed by atoms with Crippen molar-refractivity contribution in [3.63, 3.8) is 0 Å². The summed E-state index contributed by atoms with van der Waals surface area (Å²) in [6.07, 6.45) is 0.930. The summed E-state index contributed by atoms with van der Waals surface area (Å²) in [5.41, 5.74) is 2.08. The molecule has 0 bridgehead atoms. The maximum absolute atomic E-state index is 12.8. The van der Waals surface area contributed by atoms with Crippen LogP contribution in [0.3, 0.4) is 0 Å². The first-order valence-corrected chi connectivity index (χ1v) is 10.6. The number of methoxy groups -OCH3 is 1. The van der Waals surface area contributed by atoms with E-state index in [0.29, 0.717) is 35.3 Å². The molecule has 0 radical (unpaired) electrons. The molecule has 30 heavy (non-hydrogen) atoms. The van der Waals surface area contributed by atoms with Crippen molar-refractivity contribution in [3.8, 4) is 11.5 Å². The lowest BCUT2D eigenvalue weighted by atomic mass is 10.1. The van der Waals surface area contributed by atoms with Gasteiger partial charge in [-0.3, -0.25) is 9.59 Å². The van der Waals surface area contributed by atoms with Crippen LogP contribution in [0.1, 0.15) is 36.2 Å². The fraction of sp³-hybridized carbons (Fsp3) is 0.391. The molecular formula is C23H29BrN2O4. The third-order valence-corrected chi connectivity index (χ3v) is 5.05. The third-order valence-electron chi connectivity index (χ3n) is 4.55. The summed E-state index contributed by atoms with van der Waals surface area (Å²) >= 11 is 3.40. The van der Waals surface area contributed by atoms with Crippen LogP contribution in [-0.4, -0.2) is 44.0 Å². The van der Waals surface area contributed by atoms with Crippen LogP contribution in [0.4, 0.5) is 5.69 Å². The molecule has 0 aliphatic heterocycles. The van der Waals surface area contributed by atoms with Crippen LogP contribution in [0.25, 0.3) is 0 Å². The molecule has 0 heterocycles. The fourth-order valence-electron chi connectivity index (χ4n) is 2.79. The minimum absolute atomic E-state index is 0.0662. The van der Waals surface area contributed by atoms with Crippen LogP contribution < -0.4 is 14.8 Å². The Balaban J connectivity index is 2.01. The lowest BCUT2D eigenvalue weighted by molar-refractivity contribution is -0.116. The Morgan fingerprint density at radius 3 is 2.50 bits per heavy atom. The number of hydrogen-bond donors (Lipinski definition) is 1. The van der Waals surface area contributed by atoms with E-state index in [0.717, 1.165) is 16.5 Å². The van der Waals surface area contributed by atoms with E-state index < -0.39 is 0 Å². The predicted molar refractivity (Wildman–Crippen MR) is 122 cm³/mol. The van der Waals surface area contributed by atoms with Crippen LogP contribution in [0.5, 0.6) is 11.5 Å². The van der Waals surface area contributed by atoms with Crippen molar-refractivity contribution in [1.29, 1.82) is 0 Å². The normalized spacial score (nSPS) is 10.6. The molecule has 0 saturated heterocycles. The number of hydrogen-bond acceptors (Lipinski definition) is 4. The SMILES string of the molecule is COc1cc(C(=O)N(C)CC(=O)Nc2ccc(Br)cc2C)ccc1OCCC(C)C. The maximum atomic E-state index is 12.8. The Morgan fingerprint density at radius 2 is 1.87 bits per heavy atom. The highest BCUT2D eigenvalue weighted by Gasteiger charge is 2.18. The van der Waals surface area contributed by atoms with Gasteiger partial charge in [-0.2, -0.15) is 0 Å². The molecule has 1 N–H and O–H groups in total. The van der Waals surface area contributed by atoms with Gasteiger partial charge in [0.25, 0.3) is 5.91 Å². The number of halogens is 1. The molecule has 7 heteroatoms. The molecule has 0 aliphatic carbocycles. The van der Waals surface area contributed by atoms with E-state index in [2.05, 4.69) is 35.1 Å². The highest BCUT2D eigenvalue weighted by atomic mass is 79.9. The highest BCUT2D eigenvalue weighted by molar-refractivity contribution is 9.10. The van der Waals surface area contributed by atoms with Gasteiger partial charge < -0.3 is 19.7 Å². The van der Waals surface area contributed by atoms with E-state index in [-0.39, 0.29) is 18.4 Å². The Labute approximate surface area is 186 Å². The predicted octanol–water partition coefficient (Wildman–Crippen LogP) is 4.90. The number of carbonyl (C=O) groups is 2. The smallest absolute Gasteiger partial charge is 0.254 e.